The molecular formula is C20H19BrFN5OS. The van der Waals surface area contributed by atoms with Crippen molar-refractivity contribution in [3.63, 3.8) is 0 Å². The molecule has 3 heterocycles. The number of nitrogens with zero attached hydrogens (tertiary/aromatic N) is 5. The number of thiazole rings is 1. The lowest BCUT2D eigenvalue weighted by Gasteiger charge is -2.34. The molecule has 9 heteroatoms. The number of carbonyl (C=O) groups excluding carboxylic acids is 1. The normalized spacial score (nSPS) is 14.3. The fourth-order valence-corrected chi connectivity index (χ4v) is 4.50. The Morgan fingerprint density at radius 1 is 1.14 bits per heavy atom. The average Bonchev–Trinajstić information content (AvgIpc) is 3.10. The van der Waals surface area contributed by atoms with E-state index >= 15 is 0 Å². The number of rotatable bonds is 4. The molecule has 0 unspecified atom stereocenters. The molecule has 2 aromatic heterocycles. The highest BCUT2D eigenvalue weighted by molar-refractivity contribution is 9.10. The first-order chi connectivity index (χ1) is 14.0. The Hall–Kier alpha value is -2.39. The van der Waals surface area contributed by atoms with Gasteiger partial charge in [0.25, 0.3) is 5.91 Å². The first-order valence-electron chi connectivity index (χ1n) is 9.22. The minimum Gasteiger partial charge on any atom is -0.337 e. The van der Waals surface area contributed by atoms with Crippen LogP contribution in [0.5, 0.6) is 0 Å². The van der Waals surface area contributed by atoms with Crippen molar-refractivity contribution in [1.29, 1.82) is 0 Å². The predicted octanol–water partition coefficient (Wildman–Crippen LogP) is 3.70. The van der Waals surface area contributed by atoms with Crippen molar-refractivity contribution in [2.75, 3.05) is 31.1 Å². The van der Waals surface area contributed by atoms with Crippen LogP contribution in [0.1, 0.15) is 25.9 Å². The molecule has 0 spiro atoms. The van der Waals surface area contributed by atoms with E-state index in [2.05, 4.69) is 35.8 Å². The predicted molar refractivity (Wildman–Crippen MR) is 114 cm³/mol. The van der Waals surface area contributed by atoms with E-state index in [1.54, 1.807) is 24.5 Å². The van der Waals surface area contributed by atoms with E-state index in [0.717, 1.165) is 20.7 Å². The van der Waals surface area contributed by atoms with E-state index in [-0.39, 0.29) is 11.7 Å². The van der Waals surface area contributed by atoms with Crippen LogP contribution in [0.3, 0.4) is 0 Å². The summed E-state index contributed by atoms with van der Waals surface area (Å²) < 4.78 is 13.9. The lowest BCUT2D eigenvalue weighted by atomic mass is 10.1. The molecule has 1 saturated heterocycles. The highest BCUT2D eigenvalue weighted by Crippen LogP contribution is 2.24. The summed E-state index contributed by atoms with van der Waals surface area (Å²) in [5, 5.41) is 0.861. The molecule has 3 aromatic rings. The second-order valence-corrected chi connectivity index (χ2v) is 8.81. The summed E-state index contributed by atoms with van der Waals surface area (Å²) in [5.74, 6) is 0.435. The zero-order valence-electron chi connectivity index (χ0n) is 15.8. The summed E-state index contributed by atoms with van der Waals surface area (Å²) in [6, 6.07) is 6.38. The van der Waals surface area contributed by atoms with E-state index in [0.29, 0.717) is 43.4 Å². The summed E-state index contributed by atoms with van der Waals surface area (Å²) in [7, 11) is 0. The number of aromatic nitrogens is 3. The Morgan fingerprint density at radius 2 is 1.79 bits per heavy atom. The van der Waals surface area contributed by atoms with Gasteiger partial charge in [0, 0.05) is 45.0 Å². The Labute approximate surface area is 180 Å². The first-order valence-corrected chi connectivity index (χ1v) is 10.8. The number of hydrogen-bond acceptors (Lipinski definition) is 6. The lowest BCUT2D eigenvalue weighted by Crippen LogP contribution is -2.49. The molecule has 1 aromatic carbocycles. The van der Waals surface area contributed by atoms with Crippen molar-refractivity contribution in [3.05, 3.63) is 68.1 Å². The van der Waals surface area contributed by atoms with Crippen LogP contribution in [0.15, 0.2) is 41.1 Å². The van der Waals surface area contributed by atoms with Crippen LogP contribution < -0.4 is 4.90 Å². The highest BCUT2D eigenvalue weighted by atomic mass is 79.9. The van der Waals surface area contributed by atoms with E-state index in [1.165, 1.54) is 23.5 Å². The van der Waals surface area contributed by atoms with Gasteiger partial charge in [-0.3, -0.25) is 4.79 Å². The van der Waals surface area contributed by atoms with Crippen molar-refractivity contribution in [2.24, 2.45) is 0 Å². The molecule has 0 bridgehead atoms. The number of benzene rings is 1. The number of halogens is 2. The Bertz CT molecular complexity index is 1000. The number of aryl methyl sites for hydroxylation is 1. The van der Waals surface area contributed by atoms with E-state index in [9.17, 15) is 9.18 Å². The molecule has 1 amide bonds. The number of amides is 1. The monoisotopic (exact) mass is 475 g/mol. The van der Waals surface area contributed by atoms with Gasteiger partial charge in [-0.1, -0.05) is 12.1 Å². The molecular weight excluding hydrogens is 457 g/mol. The topological polar surface area (TPSA) is 62.2 Å². The van der Waals surface area contributed by atoms with Crippen LogP contribution in [-0.4, -0.2) is 51.9 Å². The van der Waals surface area contributed by atoms with E-state index in [4.69, 9.17) is 0 Å². The van der Waals surface area contributed by atoms with Gasteiger partial charge in [0.15, 0.2) is 0 Å². The Balaban J connectivity index is 1.40. The number of carbonyl (C=O) groups is 1. The summed E-state index contributed by atoms with van der Waals surface area (Å²) in [5.41, 5.74) is 1.72. The Kier molecular flexibility index (Phi) is 5.86. The van der Waals surface area contributed by atoms with Gasteiger partial charge in [0.2, 0.25) is 5.95 Å². The van der Waals surface area contributed by atoms with Crippen LogP contribution in [0.25, 0.3) is 0 Å². The minimum absolute atomic E-state index is 0.0155. The van der Waals surface area contributed by atoms with Gasteiger partial charge in [-0.25, -0.2) is 19.3 Å². The molecule has 1 aliphatic rings. The second-order valence-electron chi connectivity index (χ2n) is 6.81. The van der Waals surface area contributed by atoms with Gasteiger partial charge < -0.3 is 9.80 Å². The molecule has 0 radical (unpaired) electrons. The number of anilines is 1. The third kappa shape index (κ3) is 4.62. The SMILES string of the molecule is Cc1nc(Cc2ccc(F)cc2)sc1C(=O)N1CCN(c2ncc(Br)cn2)CC1. The molecule has 1 aliphatic heterocycles. The van der Waals surface area contributed by atoms with Gasteiger partial charge >= 0.3 is 0 Å². The average molecular weight is 476 g/mol. The minimum atomic E-state index is -0.257. The van der Waals surface area contributed by atoms with Crippen molar-refractivity contribution in [2.45, 2.75) is 13.3 Å². The third-order valence-electron chi connectivity index (χ3n) is 4.76. The molecule has 150 valence electrons. The Morgan fingerprint density at radius 3 is 2.45 bits per heavy atom. The van der Waals surface area contributed by atoms with Gasteiger partial charge in [-0.05, 0) is 40.5 Å². The maximum absolute atomic E-state index is 13.1. The molecule has 0 N–H and O–H groups in total. The molecule has 0 saturated carbocycles. The van der Waals surface area contributed by atoms with Gasteiger partial charge in [0.05, 0.1) is 15.2 Å². The molecule has 0 aliphatic carbocycles. The quantitative estimate of drug-likeness (QED) is 0.575. The highest BCUT2D eigenvalue weighted by Gasteiger charge is 2.26. The lowest BCUT2D eigenvalue weighted by molar-refractivity contribution is 0.0750. The molecule has 1 fully saturated rings. The summed E-state index contributed by atoms with van der Waals surface area (Å²) in [6.07, 6.45) is 4.04. The molecule has 29 heavy (non-hydrogen) atoms. The zero-order chi connectivity index (χ0) is 20.4. The first kappa shape index (κ1) is 19.9. The second kappa shape index (κ2) is 8.54. The number of hydrogen-bond donors (Lipinski definition) is 0. The van der Waals surface area contributed by atoms with Crippen LogP contribution in [0.4, 0.5) is 10.3 Å². The fraction of sp³-hybridized carbons (Fsp3) is 0.300. The van der Waals surface area contributed by atoms with Crippen molar-refractivity contribution in [3.8, 4) is 0 Å². The maximum atomic E-state index is 13.1. The van der Waals surface area contributed by atoms with Gasteiger partial charge in [0.1, 0.15) is 10.7 Å². The van der Waals surface area contributed by atoms with E-state index in [1.807, 2.05) is 11.8 Å². The molecule has 6 nitrogen and oxygen atoms in total. The van der Waals surface area contributed by atoms with Crippen molar-refractivity contribution in [1.82, 2.24) is 19.9 Å². The van der Waals surface area contributed by atoms with Crippen LogP contribution in [0, 0.1) is 12.7 Å². The third-order valence-corrected chi connectivity index (χ3v) is 6.32. The van der Waals surface area contributed by atoms with Gasteiger partial charge in [-0.15, -0.1) is 11.3 Å². The standard InChI is InChI=1S/C20H19BrFN5OS/c1-13-18(29-17(25-13)10-14-2-4-16(22)5-3-14)19(28)26-6-8-27(9-7-26)20-23-11-15(21)12-24-20/h2-5,11-12H,6-10H2,1H3. The van der Waals surface area contributed by atoms with Crippen LogP contribution >= 0.6 is 27.3 Å². The maximum Gasteiger partial charge on any atom is 0.265 e. The molecule has 0 atom stereocenters. The van der Waals surface area contributed by atoms with Crippen LogP contribution in [-0.2, 0) is 6.42 Å². The van der Waals surface area contributed by atoms with Crippen molar-refractivity contribution >= 4 is 39.1 Å². The van der Waals surface area contributed by atoms with E-state index < -0.39 is 0 Å². The number of piperazine rings is 1. The fourth-order valence-electron chi connectivity index (χ4n) is 3.23. The summed E-state index contributed by atoms with van der Waals surface area (Å²) in [4.78, 5) is 30.8. The summed E-state index contributed by atoms with van der Waals surface area (Å²) >= 11 is 4.76. The van der Waals surface area contributed by atoms with Crippen molar-refractivity contribution < 1.29 is 9.18 Å². The summed E-state index contributed by atoms with van der Waals surface area (Å²) in [6.45, 7) is 4.47. The largest absolute Gasteiger partial charge is 0.337 e. The molecule has 4 rings (SSSR count). The van der Waals surface area contributed by atoms with Gasteiger partial charge in [-0.2, -0.15) is 0 Å². The smallest absolute Gasteiger partial charge is 0.265 e. The zero-order valence-corrected chi connectivity index (χ0v) is 18.2. The van der Waals surface area contributed by atoms with Crippen LogP contribution in [0.2, 0.25) is 0 Å².